The summed E-state index contributed by atoms with van der Waals surface area (Å²) in [6, 6.07) is 9.27. The number of anilines is 1. The Morgan fingerprint density at radius 1 is 0.885 bits per heavy atom. The molecule has 7 heteroatoms. The first-order valence-corrected chi connectivity index (χ1v) is 10.7. The van der Waals surface area contributed by atoms with Gasteiger partial charge in [-0.15, -0.1) is 0 Å². The van der Waals surface area contributed by atoms with Crippen LogP contribution >= 0.6 is 23.2 Å². The molecule has 0 unspecified atom stereocenters. The summed E-state index contributed by atoms with van der Waals surface area (Å²) in [7, 11) is -3.64. The highest BCUT2D eigenvalue weighted by Gasteiger charge is 2.31. The molecule has 2 aromatic rings. The van der Waals surface area contributed by atoms with Gasteiger partial charge in [-0.3, -0.25) is 0 Å². The van der Waals surface area contributed by atoms with Crippen molar-refractivity contribution < 1.29 is 8.42 Å². The second-order valence-electron chi connectivity index (χ2n) is 6.64. The predicted molar refractivity (Wildman–Crippen MR) is 108 cm³/mol. The zero-order chi connectivity index (χ0) is 19.1. The lowest BCUT2D eigenvalue weighted by atomic mass is 10.1. The van der Waals surface area contributed by atoms with Gasteiger partial charge < -0.3 is 4.90 Å². The molecule has 0 N–H and O–H groups in total. The Morgan fingerprint density at radius 2 is 1.54 bits per heavy atom. The maximum Gasteiger partial charge on any atom is 0.244 e. The summed E-state index contributed by atoms with van der Waals surface area (Å²) in [6.45, 7) is 8.10. The predicted octanol–water partition coefficient (Wildman–Crippen LogP) is 4.43. The van der Waals surface area contributed by atoms with Crippen LogP contribution in [0.5, 0.6) is 0 Å². The van der Waals surface area contributed by atoms with E-state index < -0.39 is 10.0 Å². The Bertz CT molecular complexity index is 937. The lowest BCUT2D eigenvalue weighted by Crippen LogP contribution is -2.49. The van der Waals surface area contributed by atoms with Gasteiger partial charge in [0.15, 0.2) is 0 Å². The van der Waals surface area contributed by atoms with Crippen molar-refractivity contribution in [1.82, 2.24) is 4.31 Å². The van der Waals surface area contributed by atoms with Crippen molar-refractivity contribution in [2.75, 3.05) is 31.1 Å². The lowest BCUT2D eigenvalue weighted by Gasteiger charge is -2.36. The van der Waals surface area contributed by atoms with Gasteiger partial charge in [0.05, 0.1) is 5.02 Å². The van der Waals surface area contributed by atoms with Gasteiger partial charge in [-0.2, -0.15) is 4.31 Å². The van der Waals surface area contributed by atoms with Crippen LogP contribution in [0.1, 0.15) is 16.7 Å². The molecule has 3 rings (SSSR count). The largest absolute Gasteiger partial charge is 0.369 e. The van der Waals surface area contributed by atoms with E-state index in [4.69, 9.17) is 23.2 Å². The Balaban J connectivity index is 1.81. The number of piperazine rings is 1. The van der Waals surface area contributed by atoms with Crippen LogP contribution in [0, 0.1) is 20.8 Å². The van der Waals surface area contributed by atoms with Crippen LogP contribution < -0.4 is 4.90 Å². The van der Waals surface area contributed by atoms with E-state index in [1.807, 2.05) is 6.07 Å². The number of sulfonamides is 1. The number of hydrogen-bond acceptors (Lipinski definition) is 3. The van der Waals surface area contributed by atoms with Crippen molar-refractivity contribution in [1.29, 1.82) is 0 Å². The van der Waals surface area contributed by atoms with Gasteiger partial charge in [0.25, 0.3) is 0 Å². The maximum absolute atomic E-state index is 13.0. The van der Waals surface area contributed by atoms with E-state index in [1.165, 1.54) is 27.2 Å². The first-order chi connectivity index (χ1) is 12.2. The molecule has 1 fully saturated rings. The summed E-state index contributed by atoms with van der Waals surface area (Å²) in [4.78, 5) is 2.37. The molecule has 1 aliphatic heterocycles. The number of hydrogen-bond donors (Lipinski definition) is 0. The van der Waals surface area contributed by atoms with Crippen LogP contribution in [0.4, 0.5) is 5.69 Å². The quantitative estimate of drug-likeness (QED) is 0.748. The van der Waals surface area contributed by atoms with Crippen molar-refractivity contribution in [3.05, 3.63) is 57.1 Å². The lowest BCUT2D eigenvalue weighted by molar-refractivity contribution is 0.384. The van der Waals surface area contributed by atoms with Gasteiger partial charge in [-0.25, -0.2) is 8.42 Å². The molecule has 140 valence electrons. The highest BCUT2D eigenvalue weighted by Crippen LogP contribution is 2.31. The van der Waals surface area contributed by atoms with Gasteiger partial charge in [0, 0.05) is 36.9 Å². The monoisotopic (exact) mass is 412 g/mol. The van der Waals surface area contributed by atoms with E-state index in [2.05, 4.69) is 30.9 Å². The van der Waals surface area contributed by atoms with Crippen molar-refractivity contribution in [3.8, 4) is 0 Å². The molecule has 0 radical (unpaired) electrons. The molecule has 0 aliphatic carbocycles. The van der Waals surface area contributed by atoms with Crippen LogP contribution in [0.25, 0.3) is 0 Å². The highest BCUT2D eigenvalue weighted by atomic mass is 35.5. The minimum atomic E-state index is -3.64. The molecule has 0 atom stereocenters. The Labute approximate surface area is 165 Å². The fourth-order valence-corrected chi connectivity index (χ4v) is 5.44. The molecule has 26 heavy (non-hydrogen) atoms. The summed E-state index contributed by atoms with van der Waals surface area (Å²) in [5, 5.41) is 0.631. The average Bonchev–Trinajstić information content (AvgIpc) is 2.60. The summed E-state index contributed by atoms with van der Waals surface area (Å²) in [5.74, 6) is 0. The zero-order valence-corrected chi connectivity index (χ0v) is 17.4. The molecular weight excluding hydrogens is 391 g/mol. The first-order valence-electron chi connectivity index (χ1n) is 8.49. The fraction of sp³-hybridized carbons (Fsp3) is 0.368. The SMILES string of the molecule is Cc1cc(S(=O)(=O)N2CCN(c3cccc(C)c3C)CC2)c(Cl)cc1Cl. The Morgan fingerprint density at radius 3 is 2.19 bits per heavy atom. The normalized spacial score (nSPS) is 16.1. The van der Waals surface area contributed by atoms with Crippen LogP contribution in [-0.4, -0.2) is 38.9 Å². The van der Waals surface area contributed by atoms with E-state index >= 15 is 0 Å². The molecule has 2 aromatic carbocycles. The molecule has 0 bridgehead atoms. The van der Waals surface area contributed by atoms with Crippen LogP contribution in [-0.2, 0) is 10.0 Å². The van der Waals surface area contributed by atoms with Gasteiger partial charge in [0.1, 0.15) is 4.90 Å². The van der Waals surface area contributed by atoms with Crippen molar-refractivity contribution in [2.45, 2.75) is 25.7 Å². The number of rotatable bonds is 3. The Kier molecular flexibility index (Phi) is 5.54. The fourth-order valence-electron chi connectivity index (χ4n) is 3.22. The third kappa shape index (κ3) is 3.58. The molecule has 1 aliphatic rings. The minimum absolute atomic E-state index is 0.126. The van der Waals surface area contributed by atoms with E-state index in [0.717, 1.165) is 0 Å². The van der Waals surface area contributed by atoms with Gasteiger partial charge in [-0.1, -0.05) is 35.3 Å². The minimum Gasteiger partial charge on any atom is -0.369 e. The second-order valence-corrected chi connectivity index (χ2v) is 9.36. The standard InChI is InChI=1S/C19H22Cl2N2O2S/c1-13-5-4-6-18(15(13)3)22-7-9-23(10-8-22)26(24,25)19-11-14(2)16(20)12-17(19)21/h4-6,11-12H,7-10H2,1-3H3. The molecular formula is C19H22Cl2N2O2S. The third-order valence-corrected chi connectivity index (χ3v) is 7.76. The smallest absolute Gasteiger partial charge is 0.244 e. The van der Waals surface area contributed by atoms with Gasteiger partial charge in [-0.05, 0) is 55.7 Å². The third-order valence-electron chi connectivity index (χ3n) is 4.99. The van der Waals surface area contributed by atoms with Crippen molar-refractivity contribution in [3.63, 3.8) is 0 Å². The summed E-state index contributed by atoms with van der Waals surface area (Å²) in [6.07, 6.45) is 0. The van der Waals surface area contributed by atoms with Crippen molar-refractivity contribution >= 4 is 38.9 Å². The molecule has 0 amide bonds. The number of halogens is 2. The summed E-state index contributed by atoms with van der Waals surface area (Å²) in [5.41, 5.74) is 4.34. The van der Waals surface area contributed by atoms with Crippen LogP contribution in [0.2, 0.25) is 10.0 Å². The molecule has 0 saturated carbocycles. The number of nitrogens with zero attached hydrogens (tertiary/aromatic N) is 2. The van der Waals surface area contributed by atoms with E-state index in [1.54, 1.807) is 13.0 Å². The number of benzene rings is 2. The summed E-state index contributed by atoms with van der Waals surface area (Å²) < 4.78 is 27.5. The van der Waals surface area contributed by atoms with Crippen molar-refractivity contribution in [2.24, 2.45) is 0 Å². The number of aryl methyl sites for hydroxylation is 2. The molecule has 0 spiro atoms. The maximum atomic E-state index is 13.0. The van der Waals surface area contributed by atoms with E-state index in [-0.39, 0.29) is 9.92 Å². The molecule has 1 saturated heterocycles. The van der Waals surface area contributed by atoms with Crippen LogP contribution in [0.3, 0.4) is 0 Å². The average molecular weight is 413 g/mol. The highest BCUT2D eigenvalue weighted by molar-refractivity contribution is 7.89. The van der Waals surface area contributed by atoms with Crippen LogP contribution in [0.15, 0.2) is 35.2 Å². The molecule has 0 aromatic heterocycles. The van der Waals surface area contributed by atoms with Gasteiger partial charge in [0.2, 0.25) is 10.0 Å². The van der Waals surface area contributed by atoms with E-state index in [0.29, 0.717) is 36.8 Å². The first kappa shape index (κ1) is 19.5. The van der Waals surface area contributed by atoms with Gasteiger partial charge >= 0.3 is 0 Å². The molecule has 4 nitrogen and oxygen atoms in total. The molecule has 1 heterocycles. The topological polar surface area (TPSA) is 40.6 Å². The second kappa shape index (κ2) is 7.39. The summed E-state index contributed by atoms with van der Waals surface area (Å²) >= 11 is 12.2. The van der Waals surface area contributed by atoms with E-state index in [9.17, 15) is 8.42 Å². The Hall–Kier alpha value is -1.27. The zero-order valence-electron chi connectivity index (χ0n) is 15.1.